The van der Waals surface area contributed by atoms with Crippen molar-refractivity contribution in [2.24, 2.45) is 0 Å². The number of fused-ring (bicyclic) bond motifs is 18. The number of nitrogens with zero attached hydrogens (tertiary/aromatic N) is 12. The molecular formula is C110H62N12S4. The molecule has 0 saturated heterocycles. The standard InChI is InChI=1S/C110H62N12S4/c1-6-25-63(26-7-1)71-52-56-76-85-59-70(54-58-87(85)122(89(76)60-71)110-118-103(68-31-12-4-13-32-68)115-107(119-110)83-41-22-38-78-77-57-53-73(62-93(77)126-99(78)83)105-111-95(66-27-8-2-9-28-66)101-97(113-105)79-36-17-20-44-90(79)123-101)64-47-49-65(50-48-64)72-51-55-75-74-35-16-19-43-86(74)121(88(75)61-72)109-117-104(69-33-14-5-15-34-69)116-108(120-109)84-42-23-39-81-94-82(40-24-46-92(94)125-100(81)84)106-112-96(67-29-10-3-11-30-67)102-98(114-106)80-37-18-21-45-91(80)124-102/h1-62H. The maximum Gasteiger partial charge on any atom is 0.238 e. The number of hydrogen-bond donors (Lipinski definition) is 0. The topological polar surface area (TPSA) is 139 Å². The van der Waals surface area contributed by atoms with Crippen LogP contribution in [-0.2, 0) is 0 Å². The molecule has 16 heteroatoms. The fourth-order valence-corrected chi connectivity index (χ4v) is 23.2. The minimum Gasteiger partial charge on any atom is -0.278 e. The maximum atomic E-state index is 5.61. The van der Waals surface area contributed by atoms with E-state index in [4.69, 9.17) is 49.8 Å². The Morgan fingerprint density at radius 1 is 0.175 bits per heavy atom. The van der Waals surface area contributed by atoms with Crippen LogP contribution in [0.3, 0.4) is 0 Å². The van der Waals surface area contributed by atoms with Crippen molar-refractivity contribution in [2.75, 3.05) is 0 Å². The summed E-state index contributed by atoms with van der Waals surface area (Å²) in [5, 5.41) is 11.0. The van der Waals surface area contributed by atoms with Gasteiger partial charge in [-0.3, -0.25) is 9.13 Å². The lowest BCUT2D eigenvalue weighted by atomic mass is 9.98. The number of rotatable bonds is 13. The van der Waals surface area contributed by atoms with Crippen LogP contribution >= 0.6 is 45.3 Å². The summed E-state index contributed by atoms with van der Waals surface area (Å²) in [5.74, 6) is 4.68. The first kappa shape index (κ1) is 71.9. The van der Waals surface area contributed by atoms with Gasteiger partial charge < -0.3 is 0 Å². The van der Waals surface area contributed by atoms with E-state index in [0.717, 1.165) is 204 Å². The molecule has 0 N–H and O–H groups in total. The molecule has 0 aliphatic heterocycles. The van der Waals surface area contributed by atoms with Crippen molar-refractivity contribution in [1.82, 2.24) is 59.0 Å². The van der Waals surface area contributed by atoms with Crippen LogP contribution in [0.1, 0.15) is 0 Å². The fraction of sp³-hybridized carbons (Fsp3) is 0. The molecule has 0 aliphatic rings. The molecule has 12 nitrogen and oxygen atoms in total. The van der Waals surface area contributed by atoms with Gasteiger partial charge in [-0.2, -0.15) is 19.9 Å². The summed E-state index contributed by atoms with van der Waals surface area (Å²) in [7, 11) is 0. The molecule has 126 heavy (non-hydrogen) atoms. The summed E-state index contributed by atoms with van der Waals surface area (Å²) in [6.07, 6.45) is 0. The third kappa shape index (κ3) is 11.8. The van der Waals surface area contributed by atoms with Crippen molar-refractivity contribution in [3.05, 3.63) is 376 Å². The molecule has 0 amide bonds. The summed E-state index contributed by atoms with van der Waals surface area (Å²) in [6.45, 7) is 0. The molecule has 26 aromatic rings. The van der Waals surface area contributed by atoms with Gasteiger partial charge in [-0.15, -0.1) is 45.3 Å². The first-order chi connectivity index (χ1) is 62.4. The van der Waals surface area contributed by atoms with Gasteiger partial charge >= 0.3 is 0 Å². The Labute approximate surface area is 735 Å². The lowest BCUT2D eigenvalue weighted by molar-refractivity contribution is 0.954. The lowest BCUT2D eigenvalue weighted by Crippen LogP contribution is -2.06. The Bertz CT molecular complexity index is 8970. The van der Waals surface area contributed by atoms with Crippen molar-refractivity contribution in [3.63, 3.8) is 0 Å². The first-order valence-electron chi connectivity index (χ1n) is 41.7. The predicted octanol–water partition coefficient (Wildman–Crippen LogP) is 29.6. The number of hydrogen-bond acceptors (Lipinski definition) is 14. The van der Waals surface area contributed by atoms with Gasteiger partial charge in [0.25, 0.3) is 0 Å². The Kier molecular flexibility index (Phi) is 16.5. The zero-order chi connectivity index (χ0) is 82.6. The van der Waals surface area contributed by atoms with Gasteiger partial charge in [0.1, 0.15) is 0 Å². The highest BCUT2D eigenvalue weighted by atomic mass is 32.1. The minimum absolute atomic E-state index is 0.513. The van der Waals surface area contributed by atoms with Gasteiger partial charge in [0.2, 0.25) is 11.9 Å². The highest BCUT2D eigenvalue weighted by molar-refractivity contribution is 7.27. The maximum absolute atomic E-state index is 5.61. The minimum atomic E-state index is 0.513. The Hall–Kier alpha value is -15.8. The normalized spacial score (nSPS) is 12.0. The molecule has 10 heterocycles. The van der Waals surface area contributed by atoms with Crippen LogP contribution in [-0.4, -0.2) is 59.0 Å². The van der Waals surface area contributed by atoms with Crippen molar-refractivity contribution in [2.45, 2.75) is 0 Å². The molecule has 0 spiro atoms. The van der Waals surface area contributed by atoms with Crippen molar-refractivity contribution >= 4 is 170 Å². The number of thiophene rings is 4. The molecular weight excluding hydrogens is 1620 g/mol. The Morgan fingerprint density at radius 3 is 1.13 bits per heavy atom. The van der Waals surface area contributed by atoms with Crippen LogP contribution in [0.25, 0.3) is 261 Å². The van der Waals surface area contributed by atoms with E-state index in [1.807, 2.05) is 42.5 Å². The van der Waals surface area contributed by atoms with Crippen molar-refractivity contribution in [3.8, 4) is 136 Å². The Morgan fingerprint density at radius 2 is 0.540 bits per heavy atom. The average Bonchev–Trinajstić information content (AvgIpc) is 1.57. The van der Waals surface area contributed by atoms with E-state index >= 15 is 0 Å². The van der Waals surface area contributed by atoms with Crippen LogP contribution < -0.4 is 0 Å². The highest BCUT2D eigenvalue weighted by Gasteiger charge is 2.28. The van der Waals surface area contributed by atoms with E-state index in [1.54, 1.807) is 45.3 Å². The van der Waals surface area contributed by atoms with Gasteiger partial charge in [-0.05, 0) is 100 Å². The van der Waals surface area contributed by atoms with Gasteiger partial charge in [-0.25, -0.2) is 29.9 Å². The van der Waals surface area contributed by atoms with E-state index in [2.05, 4.69) is 343 Å². The zero-order valence-electron chi connectivity index (χ0n) is 66.8. The zero-order valence-corrected chi connectivity index (χ0v) is 70.1. The molecule has 0 atom stereocenters. The molecule has 0 fully saturated rings. The third-order valence-corrected chi connectivity index (χ3v) is 29.1. The van der Waals surface area contributed by atoms with Crippen molar-refractivity contribution in [1.29, 1.82) is 0 Å². The molecule has 26 rings (SSSR count). The van der Waals surface area contributed by atoms with Gasteiger partial charge in [-0.1, -0.05) is 309 Å². The summed E-state index contributed by atoms with van der Waals surface area (Å²) < 4.78 is 13.3. The quantitative estimate of drug-likeness (QED) is 0.110. The second-order valence-electron chi connectivity index (χ2n) is 31.7. The van der Waals surface area contributed by atoms with Crippen LogP contribution in [0, 0.1) is 0 Å². The van der Waals surface area contributed by atoms with E-state index in [0.29, 0.717) is 46.8 Å². The highest BCUT2D eigenvalue weighted by Crippen LogP contribution is 2.49. The van der Waals surface area contributed by atoms with Gasteiger partial charge in [0.15, 0.2) is 34.9 Å². The largest absolute Gasteiger partial charge is 0.278 e. The van der Waals surface area contributed by atoms with E-state index < -0.39 is 0 Å². The van der Waals surface area contributed by atoms with Crippen LogP contribution in [0.4, 0.5) is 0 Å². The summed E-state index contributed by atoms with van der Waals surface area (Å²) >= 11 is 6.97. The summed E-state index contributed by atoms with van der Waals surface area (Å²) in [6, 6.07) is 133. The molecule has 0 radical (unpaired) electrons. The molecule has 586 valence electrons. The second-order valence-corrected chi connectivity index (χ2v) is 35.9. The molecule has 0 aliphatic carbocycles. The van der Waals surface area contributed by atoms with Crippen molar-refractivity contribution < 1.29 is 0 Å². The van der Waals surface area contributed by atoms with Crippen LogP contribution in [0.5, 0.6) is 0 Å². The molecule has 10 aromatic heterocycles. The predicted molar refractivity (Wildman–Crippen MR) is 524 cm³/mol. The molecule has 16 aromatic carbocycles. The molecule has 0 saturated carbocycles. The number of benzene rings is 16. The SMILES string of the molecule is c1ccc(-c2ccc3c4cc(-c5ccc(-c6ccc7c8ccccc8n(-c8nc(-c9ccccc9)nc(-c9cccc%10c9sc9cccc(-c%11nc(-c%12ccccc%12)c%12sc%13ccccc%13c%12n%11)c9%10)n8)c7c6)cc5)ccc4n(-c4nc(-c5ccccc5)nc(-c5cccc6c5sc5cc(-c7nc(-c8ccccc8)c8sc9ccccc9c8n7)ccc56)n4)c3c2)cc1. The summed E-state index contributed by atoms with van der Waals surface area (Å²) in [4.78, 5) is 54.6. The molecule has 0 unspecified atom stereocenters. The molecule has 0 bridgehead atoms. The van der Waals surface area contributed by atoms with Gasteiger partial charge in [0.05, 0.1) is 53.9 Å². The summed E-state index contributed by atoms with van der Waals surface area (Å²) in [5.41, 5.74) is 21.7. The average molecular weight is 1680 g/mol. The smallest absolute Gasteiger partial charge is 0.238 e. The second kappa shape index (κ2) is 28.9. The third-order valence-electron chi connectivity index (χ3n) is 24.3. The van der Waals surface area contributed by atoms with E-state index in [9.17, 15) is 0 Å². The van der Waals surface area contributed by atoms with Crippen LogP contribution in [0.15, 0.2) is 376 Å². The Balaban J connectivity index is 0.577. The van der Waals surface area contributed by atoms with E-state index in [1.165, 1.54) is 9.40 Å². The monoisotopic (exact) mass is 1680 g/mol. The number of para-hydroxylation sites is 1. The lowest BCUT2D eigenvalue weighted by Gasteiger charge is -2.12. The fourth-order valence-electron chi connectivity index (χ4n) is 18.4. The number of aromatic nitrogens is 12. The first-order valence-corrected chi connectivity index (χ1v) is 45.0. The van der Waals surface area contributed by atoms with E-state index in [-0.39, 0.29) is 0 Å². The van der Waals surface area contributed by atoms with Gasteiger partial charge in [0, 0.05) is 127 Å². The van der Waals surface area contributed by atoms with Crippen LogP contribution in [0.2, 0.25) is 0 Å².